The van der Waals surface area contributed by atoms with Gasteiger partial charge < -0.3 is 10.2 Å². The van der Waals surface area contributed by atoms with Crippen molar-refractivity contribution < 1.29 is 27.6 Å². The Bertz CT molecular complexity index is 1180. The third kappa shape index (κ3) is 4.59. The van der Waals surface area contributed by atoms with Gasteiger partial charge >= 0.3 is 6.18 Å². The van der Waals surface area contributed by atoms with E-state index in [0.717, 1.165) is 10.5 Å². The molecule has 2 aliphatic rings. The number of benzene rings is 1. The van der Waals surface area contributed by atoms with E-state index in [2.05, 4.69) is 4.98 Å². The number of halogens is 3. The van der Waals surface area contributed by atoms with E-state index < -0.39 is 40.3 Å². The Morgan fingerprint density at radius 3 is 2.37 bits per heavy atom. The molecule has 4 rings (SSSR count). The van der Waals surface area contributed by atoms with Gasteiger partial charge in [0.05, 0.1) is 12.1 Å². The first-order valence-corrected chi connectivity index (χ1v) is 11.3. The lowest BCUT2D eigenvalue weighted by atomic mass is 9.72. The van der Waals surface area contributed by atoms with E-state index in [4.69, 9.17) is 0 Å². The molecule has 0 fully saturated rings. The van der Waals surface area contributed by atoms with Crippen molar-refractivity contribution in [1.29, 1.82) is 0 Å². The number of hydrogen-bond acceptors (Lipinski definition) is 4. The Labute approximate surface area is 201 Å². The molecule has 1 aromatic carbocycles. The normalized spacial score (nSPS) is 21.8. The van der Waals surface area contributed by atoms with Gasteiger partial charge in [0.2, 0.25) is 11.4 Å². The molecule has 1 aliphatic carbocycles. The van der Waals surface area contributed by atoms with Crippen LogP contribution in [0.15, 0.2) is 66.1 Å². The molecule has 0 bridgehead atoms. The summed E-state index contributed by atoms with van der Waals surface area (Å²) >= 11 is 0. The van der Waals surface area contributed by atoms with Gasteiger partial charge in [-0.1, -0.05) is 50.2 Å². The number of rotatable bonds is 6. The number of ketones is 1. The summed E-state index contributed by atoms with van der Waals surface area (Å²) in [4.78, 5) is 44.5. The highest BCUT2D eigenvalue weighted by atomic mass is 19.4. The minimum Gasteiger partial charge on any atom is -0.330 e. The number of nitrogens with one attached hydrogen (secondary N) is 1. The first-order chi connectivity index (χ1) is 16.4. The summed E-state index contributed by atoms with van der Waals surface area (Å²) < 4.78 is 44.3. The molecule has 1 aliphatic heterocycles. The average Bonchev–Trinajstić information content (AvgIpc) is 3.01. The van der Waals surface area contributed by atoms with E-state index in [0.29, 0.717) is 5.56 Å². The minimum absolute atomic E-state index is 0.0146. The molecule has 0 spiro atoms. The predicted molar refractivity (Wildman–Crippen MR) is 122 cm³/mol. The van der Waals surface area contributed by atoms with Crippen molar-refractivity contribution in [3.8, 4) is 0 Å². The Morgan fingerprint density at radius 1 is 1.06 bits per heavy atom. The Balaban J connectivity index is 1.74. The van der Waals surface area contributed by atoms with Crippen LogP contribution in [0.5, 0.6) is 0 Å². The number of alkyl halides is 3. The third-order valence-electron chi connectivity index (χ3n) is 6.42. The fourth-order valence-corrected chi connectivity index (χ4v) is 4.84. The molecule has 35 heavy (non-hydrogen) atoms. The van der Waals surface area contributed by atoms with Gasteiger partial charge in [-0.05, 0) is 35.4 Å². The van der Waals surface area contributed by atoms with Crippen LogP contribution >= 0.6 is 0 Å². The maximum atomic E-state index is 14.8. The Kier molecular flexibility index (Phi) is 6.29. The number of hydrogen-bond donors (Lipinski definition) is 1. The largest absolute Gasteiger partial charge is 0.425 e. The molecule has 9 heteroatoms. The highest BCUT2D eigenvalue weighted by Gasteiger charge is 2.71. The fraction of sp³-hybridized carbons (Fsp3) is 0.385. The molecular weight excluding hydrogens is 459 g/mol. The second-order valence-corrected chi connectivity index (χ2v) is 9.80. The zero-order chi connectivity index (χ0) is 25.4. The van der Waals surface area contributed by atoms with E-state index in [1.807, 2.05) is 5.32 Å². The van der Waals surface area contributed by atoms with Gasteiger partial charge in [0, 0.05) is 30.9 Å². The number of carbonyl (C=O) groups excluding carboxylic acids is 3. The molecule has 0 saturated carbocycles. The Hall–Kier alpha value is -3.49. The second kappa shape index (κ2) is 8.94. The number of Topliss-reactive ketones (excluding diaryl/α,β-unsaturated/α-hetero) is 1. The molecule has 184 valence electrons. The zero-order valence-electron chi connectivity index (χ0n) is 19.5. The van der Waals surface area contributed by atoms with Crippen LogP contribution in [0.25, 0.3) is 0 Å². The van der Waals surface area contributed by atoms with Crippen LogP contribution in [-0.4, -0.2) is 39.2 Å². The molecule has 2 aromatic rings. The summed E-state index contributed by atoms with van der Waals surface area (Å²) in [6.45, 7) is 3.35. The molecule has 1 unspecified atom stereocenters. The lowest BCUT2D eigenvalue weighted by Crippen LogP contribution is -2.66. The molecule has 1 atom stereocenters. The molecule has 0 radical (unpaired) electrons. The average molecular weight is 486 g/mol. The summed E-state index contributed by atoms with van der Waals surface area (Å²) in [5.41, 5.74) is -3.41. The van der Waals surface area contributed by atoms with Crippen molar-refractivity contribution in [2.75, 3.05) is 0 Å². The monoisotopic (exact) mass is 485 g/mol. The van der Waals surface area contributed by atoms with E-state index in [1.165, 1.54) is 12.4 Å². The van der Waals surface area contributed by atoms with Gasteiger partial charge in [0.15, 0.2) is 5.78 Å². The number of aryl methyl sites for hydroxylation is 1. The highest BCUT2D eigenvalue weighted by molar-refractivity contribution is 6.13. The van der Waals surface area contributed by atoms with Crippen LogP contribution in [0.1, 0.15) is 44.2 Å². The van der Waals surface area contributed by atoms with Crippen molar-refractivity contribution in [3.63, 3.8) is 0 Å². The molecule has 6 nitrogen and oxygen atoms in total. The number of aromatic nitrogens is 1. The van der Waals surface area contributed by atoms with Crippen LogP contribution in [0, 0.1) is 5.41 Å². The second-order valence-electron chi connectivity index (χ2n) is 9.80. The van der Waals surface area contributed by atoms with E-state index in [1.54, 1.807) is 56.3 Å². The van der Waals surface area contributed by atoms with Gasteiger partial charge in [0.1, 0.15) is 0 Å². The summed E-state index contributed by atoms with van der Waals surface area (Å²) in [5.74, 6) is -3.09. The van der Waals surface area contributed by atoms with Crippen LogP contribution < -0.4 is 5.32 Å². The number of allylic oxidation sites excluding steroid dienone is 1. The topological polar surface area (TPSA) is 79.4 Å². The maximum Gasteiger partial charge on any atom is 0.425 e. The minimum atomic E-state index is -5.21. The summed E-state index contributed by atoms with van der Waals surface area (Å²) in [5, 5.41) is 1.98. The van der Waals surface area contributed by atoms with Crippen LogP contribution in [0.4, 0.5) is 13.2 Å². The van der Waals surface area contributed by atoms with Crippen LogP contribution in [-0.2, 0) is 27.3 Å². The smallest absolute Gasteiger partial charge is 0.330 e. The number of carbonyl (C=O) groups is 3. The number of pyridine rings is 1. The van der Waals surface area contributed by atoms with Crippen molar-refractivity contribution in [2.45, 2.75) is 57.8 Å². The Morgan fingerprint density at radius 2 is 1.74 bits per heavy atom. The van der Waals surface area contributed by atoms with Crippen LogP contribution in [0.3, 0.4) is 0 Å². The molecule has 0 saturated heterocycles. The van der Waals surface area contributed by atoms with Crippen molar-refractivity contribution in [1.82, 2.24) is 15.2 Å². The lowest BCUT2D eigenvalue weighted by molar-refractivity contribution is -0.194. The summed E-state index contributed by atoms with van der Waals surface area (Å²) in [6.07, 6.45) is -2.38. The molecule has 1 N–H and O–H groups in total. The quantitative estimate of drug-likeness (QED) is 0.668. The summed E-state index contributed by atoms with van der Waals surface area (Å²) in [7, 11) is 0. The first kappa shape index (κ1) is 24.6. The number of nitrogens with zero attached hydrogens (tertiary/aromatic N) is 2. The molecule has 2 heterocycles. The van der Waals surface area contributed by atoms with Gasteiger partial charge in [-0.15, -0.1) is 0 Å². The first-order valence-electron chi connectivity index (χ1n) is 11.3. The van der Waals surface area contributed by atoms with E-state index in [-0.39, 0.29) is 37.9 Å². The fourth-order valence-electron chi connectivity index (χ4n) is 4.84. The zero-order valence-corrected chi connectivity index (χ0v) is 19.5. The predicted octanol–water partition coefficient (Wildman–Crippen LogP) is 4.12. The van der Waals surface area contributed by atoms with Crippen molar-refractivity contribution in [2.24, 2.45) is 5.41 Å². The summed E-state index contributed by atoms with van der Waals surface area (Å²) in [6, 6.07) is 12.1. The standard InChI is InChI=1S/C26H26F3N3O3/c1-24(2)13-19-22(20(33)14-24)25(26(27,28)29,23(35)32(19)16-18-9-6-12-30-15-18)31-21(34)11-10-17-7-4-3-5-8-17/h3-9,12,15H,10-11,13-14,16H2,1-2H3,(H,31,34). The number of amides is 2. The SMILES string of the molecule is CC1(C)CC(=O)C2=C(C1)N(Cc1cccnc1)C(=O)C2(NC(=O)CCc1ccccc1)C(F)(F)F. The van der Waals surface area contributed by atoms with Crippen LogP contribution in [0.2, 0.25) is 0 Å². The van der Waals surface area contributed by atoms with Crippen molar-refractivity contribution >= 4 is 17.6 Å². The van der Waals surface area contributed by atoms with Gasteiger partial charge in [-0.25, -0.2) is 0 Å². The van der Waals surface area contributed by atoms with Crippen molar-refractivity contribution in [3.05, 3.63) is 77.3 Å². The van der Waals surface area contributed by atoms with Gasteiger partial charge in [-0.3, -0.25) is 19.4 Å². The van der Waals surface area contributed by atoms with Gasteiger partial charge in [0.25, 0.3) is 5.91 Å². The third-order valence-corrected chi connectivity index (χ3v) is 6.42. The lowest BCUT2D eigenvalue weighted by Gasteiger charge is -2.35. The molecule has 1 aromatic heterocycles. The van der Waals surface area contributed by atoms with Gasteiger partial charge in [-0.2, -0.15) is 13.2 Å². The molecular formula is C26H26F3N3O3. The maximum absolute atomic E-state index is 14.8. The van der Waals surface area contributed by atoms with E-state index in [9.17, 15) is 27.6 Å². The highest BCUT2D eigenvalue weighted by Crippen LogP contribution is 2.52. The molecule has 2 amide bonds. The van der Waals surface area contributed by atoms with E-state index >= 15 is 0 Å².